The number of benzene rings is 2. The number of sulfonamides is 1. The molecule has 1 heterocycles. The number of nitrogens with one attached hydrogen (secondary N) is 1. The van der Waals surface area contributed by atoms with Gasteiger partial charge < -0.3 is 9.84 Å². The molecule has 2 N–H and O–H groups in total. The molecule has 0 saturated heterocycles. The van der Waals surface area contributed by atoms with Crippen molar-refractivity contribution in [1.82, 2.24) is 4.72 Å². The van der Waals surface area contributed by atoms with Crippen molar-refractivity contribution in [3.63, 3.8) is 0 Å². The highest BCUT2D eigenvalue weighted by Gasteiger charge is 2.18. The van der Waals surface area contributed by atoms with Crippen LogP contribution in [0.5, 0.6) is 5.75 Å². The molecule has 0 saturated carbocycles. The third-order valence-corrected chi connectivity index (χ3v) is 5.75. The first kappa shape index (κ1) is 17.4. The van der Waals surface area contributed by atoms with E-state index in [0.29, 0.717) is 6.61 Å². The van der Waals surface area contributed by atoms with E-state index in [9.17, 15) is 13.2 Å². The summed E-state index contributed by atoms with van der Waals surface area (Å²) < 4.78 is 32.2. The lowest BCUT2D eigenvalue weighted by Crippen LogP contribution is -2.26. The Kier molecular flexibility index (Phi) is 4.78. The van der Waals surface area contributed by atoms with Crippen molar-refractivity contribution in [3.8, 4) is 16.9 Å². The van der Waals surface area contributed by atoms with E-state index in [-0.39, 0.29) is 17.9 Å². The standard InChI is InChI=1S/C18H19NO5S/c1-12-15(6-7-17-16(12)9-11-24-17)13-2-4-14(5-3-13)25(22,23)19-10-8-18(20)21/h2-7,19H,8-11H2,1H3,(H,20,21). The molecule has 3 rings (SSSR count). The van der Waals surface area contributed by atoms with Crippen molar-refractivity contribution >= 4 is 16.0 Å². The highest BCUT2D eigenvalue weighted by molar-refractivity contribution is 7.89. The van der Waals surface area contributed by atoms with Gasteiger partial charge in [0.05, 0.1) is 17.9 Å². The molecular weight excluding hydrogens is 342 g/mol. The van der Waals surface area contributed by atoms with Crippen LogP contribution < -0.4 is 9.46 Å². The molecule has 0 unspecified atom stereocenters. The van der Waals surface area contributed by atoms with E-state index in [2.05, 4.69) is 4.72 Å². The molecule has 0 spiro atoms. The van der Waals surface area contributed by atoms with Crippen LogP contribution >= 0.6 is 0 Å². The number of hydrogen-bond donors (Lipinski definition) is 2. The van der Waals surface area contributed by atoms with Crippen LogP contribution in [0.2, 0.25) is 0 Å². The molecule has 1 aliphatic heterocycles. The van der Waals surface area contributed by atoms with Gasteiger partial charge in [0.1, 0.15) is 5.75 Å². The maximum absolute atomic E-state index is 12.2. The smallest absolute Gasteiger partial charge is 0.304 e. The van der Waals surface area contributed by atoms with Gasteiger partial charge in [-0.1, -0.05) is 18.2 Å². The summed E-state index contributed by atoms with van der Waals surface area (Å²) in [5, 5.41) is 8.59. The Hall–Kier alpha value is -2.38. The van der Waals surface area contributed by atoms with Crippen LogP contribution in [0.3, 0.4) is 0 Å². The molecule has 1 aliphatic rings. The minimum Gasteiger partial charge on any atom is -0.493 e. The van der Waals surface area contributed by atoms with Gasteiger partial charge in [-0.15, -0.1) is 0 Å². The molecule has 132 valence electrons. The molecule has 0 bridgehead atoms. The Morgan fingerprint density at radius 2 is 1.92 bits per heavy atom. The van der Waals surface area contributed by atoms with E-state index in [0.717, 1.165) is 28.9 Å². The van der Waals surface area contributed by atoms with Gasteiger partial charge in [0, 0.05) is 18.5 Å². The third-order valence-electron chi connectivity index (χ3n) is 4.27. The van der Waals surface area contributed by atoms with Gasteiger partial charge in [-0.25, -0.2) is 13.1 Å². The van der Waals surface area contributed by atoms with Crippen LogP contribution in [0.15, 0.2) is 41.3 Å². The number of carboxylic acids is 1. The van der Waals surface area contributed by atoms with E-state index in [1.165, 1.54) is 17.7 Å². The van der Waals surface area contributed by atoms with E-state index < -0.39 is 16.0 Å². The molecule has 6 nitrogen and oxygen atoms in total. The fraction of sp³-hybridized carbons (Fsp3) is 0.278. The minimum absolute atomic E-state index is 0.115. The molecule has 7 heteroatoms. The highest BCUT2D eigenvalue weighted by Crippen LogP contribution is 2.35. The topological polar surface area (TPSA) is 92.7 Å². The van der Waals surface area contributed by atoms with Crippen LogP contribution in [0.4, 0.5) is 0 Å². The number of carbonyl (C=O) groups is 1. The maximum atomic E-state index is 12.2. The summed E-state index contributed by atoms with van der Waals surface area (Å²) >= 11 is 0. The van der Waals surface area contributed by atoms with E-state index in [4.69, 9.17) is 9.84 Å². The van der Waals surface area contributed by atoms with Crippen molar-refractivity contribution in [2.75, 3.05) is 13.2 Å². The molecule has 0 radical (unpaired) electrons. The summed E-state index contributed by atoms with van der Waals surface area (Å²) in [6, 6.07) is 10.5. The fourth-order valence-corrected chi connectivity index (χ4v) is 3.97. The molecule has 25 heavy (non-hydrogen) atoms. The lowest BCUT2D eigenvalue weighted by atomic mass is 9.95. The maximum Gasteiger partial charge on any atom is 0.304 e. The number of hydrogen-bond acceptors (Lipinski definition) is 4. The molecule has 0 aliphatic carbocycles. The van der Waals surface area contributed by atoms with E-state index in [1.54, 1.807) is 12.1 Å². The first-order valence-corrected chi connectivity index (χ1v) is 9.44. The lowest BCUT2D eigenvalue weighted by molar-refractivity contribution is -0.136. The summed E-state index contributed by atoms with van der Waals surface area (Å²) in [4.78, 5) is 10.6. The first-order valence-electron chi connectivity index (χ1n) is 7.95. The molecule has 0 atom stereocenters. The van der Waals surface area contributed by atoms with E-state index in [1.807, 2.05) is 19.1 Å². The van der Waals surface area contributed by atoms with Gasteiger partial charge in [-0.3, -0.25) is 4.79 Å². The number of ether oxygens (including phenoxy) is 1. The molecule has 2 aromatic carbocycles. The molecule has 0 amide bonds. The lowest BCUT2D eigenvalue weighted by Gasteiger charge is -2.11. The second-order valence-electron chi connectivity index (χ2n) is 5.88. The molecule has 0 aromatic heterocycles. The highest BCUT2D eigenvalue weighted by atomic mass is 32.2. The van der Waals surface area contributed by atoms with Crippen LogP contribution in [-0.4, -0.2) is 32.6 Å². The van der Waals surface area contributed by atoms with Crippen molar-refractivity contribution in [2.45, 2.75) is 24.7 Å². The molecule has 0 fully saturated rings. The zero-order chi connectivity index (χ0) is 18.0. The van der Waals surface area contributed by atoms with Gasteiger partial charge in [0.2, 0.25) is 10.0 Å². The molecule has 2 aromatic rings. The Balaban J connectivity index is 1.82. The van der Waals surface area contributed by atoms with Crippen molar-refractivity contribution in [1.29, 1.82) is 0 Å². The number of fused-ring (bicyclic) bond motifs is 1. The predicted molar refractivity (Wildman–Crippen MR) is 93.3 cm³/mol. The summed E-state index contributed by atoms with van der Waals surface area (Å²) in [6.07, 6.45) is 0.628. The Labute approximate surface area is 146 Å². The summed E-state index contributed by atoms with van der Waals surface area (Å²) in [6.45, 7) is 2.60. The van der Waals surface area contributed by atoms with Gasteiger partial charge in [0.25, 0.3) is 0 Å². The van der Waals surface area contributed by atoms with Crippen LogP contribution in [-0.2, 0) is 21.2 Å². The average Bonchev–Trinajstić information content (AvgIpc) is 3.04. The van der Waals surface area contributed by atoms with E-state index >= 15 is 0 Å². The summed E-state index contributed by atoms with van der Waals surface area (Å²) in [5.41, 5.74) is 4.32. The predicted octanol–water partition coefficient (Wildman–Crippen LogP) is 2.35. The van der Waals surface area contributed by atoms with Crippen LogP contribution in [0.1, 0.15) is 17.5 Å². The van der Waals surface area contributed by atoms with Crippen molar-refractivity contribution in [3.05, 3.63) is 47.5 Å². The second kappa shape index (κ2) is 6.85. The quantitative estimate of drug-likeness (QED) is 0.824. The zero-order valence-electron chi connectivity index (χ0n) is 13.8. The Bertz CT molecular complexity index is 904. The SMILES string of the molecule is Cc1c(-c2ccc(S(=O)(=O)NCCC(=O)O)cc2)ccc2c1CCO2. The van der Waals surface area contributed by atoms with Gasteiger partial charge in [-0.05, 0) is 41.8 Å². The average molecular weight is 361 g/mol. The van der Waals surface area contributed by atoms with Gasteiger partial charge in [0.15, 0.2) is 0 Å². The fourth-order valence-electron chi connectivity index (χ4n) is 2.94. The third kappa shape index (κ3) is 3.67. The van der Waals surface area contributed by atoms with Crippen molar-refractivity contribution < 1.29 is 23.1 Å². The second-order valence-corrected chi connectivity index (χ2v) is 7.65. The largest absolute Gasteiger partial charge is 0.493 e. The molecular formula is C18H19NO5S. The Morgan fingerprint density at radius 1 is 1.20 bits per heavy atom. The number of aliphatic carboxylic acids is 1. The van der Waals surface area contributed by atoms with Crippen LogP contribution in [0.25, 0.3) is 11.1 Å². The minimum atomic E-state index is -3.71. The van der Waals surface area contributed by atoms with Gasteiger partial charge >= 0.3 is 5.97 Å². The number of carboxylic acid groups (broad SMARTS) is 1. The monoisotopic (exact) mass is 361 g/mol. The summed E-state index contributed by atoms with van der Waals surface area (Å²) in [5.74, 6) is -0.128. The van der Waals surface area contributed by atoms with Gasteiger partial charge in [-0.2, -0.15) is 0 Å². The zero-order valence-corrected chi connectivity index (χ0v) is 14.6. The summed E-state index contributed by atoms with van der Waals surface area (Å²) in [7, 11) is -3.71. The van der Waals surface area contributed by atoms with Crippen molar-refractivity contribution in [2.24, 2.45) is 0 Å². The Morgan fingerprint density at radius 3 is 2.60 bits per heavy atom. The van der Waals surface area contributed by atoms with Crippen LogP contribution in [0, 0.1) is 6.92 Å². The normalized spacial score (nSPS) is 13.3. The number of rotatable bonds is 6. The first-order chi connectivity index (χ1) is 11.9.